The van der Waals surface area contributed by atoms with Crippen molar-refractivity contribution in [1.82, 2.24) is 0 Å². The number of rotatable bonds is 5. The summed E-state index contributed by atoms with van der Waals surface area (Å²) in [5.41, 5.74) is 1.34. The fraction of sp³-hybridized carbons (Fsp3) is 0.190. The molecule has 1 saturated heterocycles. The average Bonchev–Trinajstić information content (AvgIpc) is 3.01. The van der Waals surface area contributed by atoms with Crippen LogP contribution in [0.2, 0.25) is 5.02 Å². The van der Waals surface area contributed by atoms with Crippen LogP contribution in [0.5, 0.6) is 0 Å². The number of amides is 1. The topological polar surface area (TPSA) is 70.4 Å². The van der Waals surface area contributed by atoms with E-state index in [0.29, 0.717) is 17.1 Å². The van der Waals surface area contributed by atoms with Crippen LogP contribution in [0.4, 0.5) is 5.69 Å². The SMILES string of the molecule is CCOC(=O)/C(C#N)=C1/S[C@@H](Cc2ccc(Cl)cc2)C(=O)N1c1ccc(Br)cc1. The molecule has 2 aromatic carbocycles. The van der Waals surface area contributed by atoms with Crippen LogP contribution in [0, 0.1) is 11.3 Å². The van der Waals surface area contributed by atoms with E-state index in [0.717, 1.165) is 10.0 Å². The number of anilines is 1. The van der Waals surface area contributed by atoms with E-state index in [2.05, 4.69) is 15.9 Å². The summed E-state index contributed by atoms with van der Waals surface area (Å²) in [5.74, 6) is -0.932. The van der Waals surface area contributed by atoms with Crippen molar-refractivity contribution < 1.29 is 14.3 Å². The minimum absolute atomic E-state index is 0.141. The van der Waals surface area contributed by atoms with E-state index < -0.39 is 11.2 Å². The summed E-state index contributed by atoms with van der Waals surface area (Å²) in [6.45, 7) is 1.81. The molecule has 0 bridgehead atoms. The van der Waals surface area contributed by atoms with Gasteiger partial charge >= 0.3 is 5.97 Å². The molecular weight excluding hydrogens is 476 g/mol. The van der Waals surface area contributed by atoms with Crippen molar-refractivity contribution in [3.8, 4) is 6.07 Å². The maximum atomic E-state index is 13.2. The molecule has 0 aliphatic carbocycles. The zero-order valence-electron chi connectivity index (χ0n) is 15.4. The van der Waals surface area contributed by atoms with E-state index in [9.17, 15) is 14.9 Å². The van der Waals surface area contributed by atoms with Crippen LogP contribution in [0.3, 0.4) is 0 Å². The van der Waals surface area contributed by atoms with Crippen molar-refractivity contribution in [3.63, 3.8) is 0 Å². The number of nitriles is 1. The molecule has 1 aliphatic rings. The van der Waals surface area contributed by atoms with Gasteiger partial charge in [-0.05, 0) is 55.3 Å². The summed E-state index contributed by atoms with van der Waals surface area (Å²) < 4.78 is 5.88. The molecule has 0 radical (unpaired) electrons. The fourth-order valence-electron chi connectivity index (χ4n) is 2.83. The van der Waals surface area contributed by atoms with E-state index in [1.54, 1.807) is 43.3 Å². The van der Waals surface area contributed by atoms with Crippen LogP contribution in [0.1, 0.15) is 12.5 Å². The highest BCUT2D eigenvalue weighted by Gasteiger charge is 2.41. The third-order valence-corrected chi connectivity index (χ3v) is 6.22. The minimum Gasteiger partial charge on any atom is -0.462 e. The Labute approximate surface area is 186 Å². The number of carbonyl (C=O) groups excluding carboxylic acids is 2. The van der Waals surface area contributed by atoms with Gasteiger partial charge in [-0.3, -0.25) is 9.69 Å². The molecule has 0 unspecified atom stereocenters. The van der Waals surface area contributed by atoms with Gasteiger partial charge in [0.05, 0.1) is 11.9 Å². The Morgan fingerprint density at radius 2 is 1.90 bits per heavy atom. The standard InChI is InChI=1S/C21H16BrClN2O3S/c1-2-28-21(27)17(12-24)20-25(16-9-5-14(22)6-10-16)19(26)18(29-20)11-13-3-7-15(23)8-4-13/h3-10,18H,2,11H2,1H3/b20-17+/t18-/m0/s1. The van der Waals surface area contributed by atoms with Crippen molar-refractivity contribution in [2.24, 2.45) is 0 Å². The predicted molar refractivity (Wildman–Crippen MR) is 117 cm³/mol. The Kier molecular flexibility index (Phi) is 7.01. The second kappa shape index (κ2) is 9.49. The molecule has 0 aromatic heterocycles. The highest BCUT2D eigenvalue weighted by atomic mass is 79.9. The molecule has 29 heavy (non-hydrogen) atoms. The lowest BCUT2D eigenvalue weighted by Gasteiger charge is -2.18. The zero-order chi connectivity index (χ0) is 21.0. The Hall–Kier alpha value is -2.27. The maximum Gasteiger partial charge on any atom is 0.351 e. The molecule has 3 rings (SSSR count). The summed E-state index contributed by atoms with van der Waals surface area (Å²) in [6, 6.07) is 16.3. The van der Waals surface area contributed by atoms with Crippen LogP contribution in [0.25, 0.3) is 0 Å². The van der Waals surface area contributed by atoms with Gasteiger partial charge in [-0.2, -0.15) is 5.26 Å². The molecule has 2 aromatic rings. The smallest absolute Gasteiger partial charge is 0.351 e. The molecule has 1 atom stereocenters. The number of hydrogen-bond donors (Lipinski definition) is 0. The number of halogens is 2. The lowest BCUT2D eigenvalue weighted by Crippen LogP contribution is -2.30. The quantitative estimate of drug-likeness (QED) is 0.331. The molecule has 0 spiro atoms. The number of thioether (sulfide) groups is 1. The first kappa shape index (κ1) is 21.4. The number of carbonyl (C=O) groups is 2. The predicted octanol–water partition coefficient (Wildman–Crippen LogP) is 5.09. The number of ether oxygens (including phenoxy) is 1. The molecule has 5 nitrogen and oxygen atoms in total. The fourth-order valence-corrected chi connectivity index (χ4v) is 4.52. The average molecular weight is 492 g/mol. The maximum absolute atomic E-state index is 13.2. The number of esters is 1. The van der Waals surface area contributed by atoms with Gasteiger partial charge in [-0.15, -0.1) is 0 Å². The van der Waals surface area contributed by atoms with Crippen molar-refractivity contribution in [2.45, 2.75) is 18.6 Å². The summed E-state index contributed by atoms with van der Waals surface area (Å²) in [4.78, 5) is 27.0. The third kappa shape index (κ3) is 4.84. The van der Waals surface area contributed by atoms with Crippen LogP contribution < -0.4 is 4.90 Å². The second-order valence-corrected chi connectivity index (χ2v) is 8.64. The number of nitrogens with zero attached hydrogens (tertiary/aromatic N) is 2. The van der Waals surface area contributed by atoms with Crippen molar-refractivity contribution in [2.75, 3.05) is 11.5 Å². The zero-order valence-corrected chi connectivity index (χ0v) is 18.6. The normalized spacial score (nSPS) is 17.8. The van der Waals surface area contributed by atoms with Crippen LogP contribution >= 0.6 is 39.3 Å². The van der Waals surface area contributed by atoms with E-state index in [1.165, 1.54) is 16.7 Å². The summed E-state index contributed by atoms with van der Waals surface area (Å²) in [5, 5.41) is 10.0. The number of hydrogen-bond acceptors (Lipinski definition) is 5. The van der Waals surface area contributed by atoms with Gasteiger partial charge in [0, 0.05) is 15.2 Å². The monoisotopic (exact) mass is 490 g/mol. The van der Waals surface area contributed by atoms with Gasteiger partial charge in [-0.1, -0.05) is 51.4 Å². The summed E-state index contributed by atoms with van der Waals surface area (Å²) >= 11 is 10.5. The molecule has 8 heteroatoms. The molecule has 1 aliphatic heterocycles. The van der Waals surface area contributed by atoms with Gasteiger partial charge in [0.1, 0.15) is 11.1 Å². The third-order valence-electron chi connectivity index (χ3n) is 4.18. The molecular formula is C21H16BrClN2O3S. The lowest BCUT2D eigenvalue weighted by molar-refractivity contribution is -0.138. The van der Waals surface area contributed by atoms with Gasteiger partial charge in [0.25, 0.3) is 0 Å². The van der Waals surface area contributed by atoms with Crippen LogP contribution in [-0.2, 0) is 20.7 Å². The van der Waals surface area contributed by atoms with Gasteiger partial charge in [0.15, 0.2) is 5.57 Å². The first-order valence-electron chi connectivity index (χ1n) is 8.76. The van der Waals surface area contributed by atoms with E-state index in [1.807, 2.05) is 18.2 Å². The van der Waals surface area contributed by atoms with Gasteiger partial charge in [-0.25, -0.2) is 4.79 Å². The highest BCUT2D eigenvalue weighted by Crippen LogP contribution is 2.42. The summed E-state index contributed by atoms with van der Waals surface area (Å²) in [7, 11) is 0. The van der Waals surface area contributed by atoms with Gasteiger partial charge < -0.3 is 4.74 Å². The summed E-state index contributed by atoms with van der Waals surface area (Å²) in [6.07, 6.45) is 0.443. The van der Waals surface area contributed by atoms with Gasteiger partial charge in [0.2, 0.25) is 5.91 Å². The van der Waals surface area contributed by atoms with Crippen LogP contribution in [-0.4, -0.2) is 23.7 Å². The molecule has 0 saturated carbocycles. The molecule has 1 fully saturated rings. The first-order valence-corrected chi connectivity index (χ1v) is 10.8. The Balaban J connectivity index is 2.02. The molecule has 148 valence electrons. The first-order chi connectivity index (χ1) is 13.9. The number of benzene rings is 2. The van der Waals surface area contributed by atoms with E-state index in [-0.39, 0.29) is 23.1 Å². The van der Waals surface area contributed by atoms with E-state index in [4.69, 9.17) is 16.3 Å². The van der Waals surface area contributed by atoms with Crippen molar-refractivity contribution >= 4 is 56.9 Å². The molecule has 0 N–H and O–H groups in total. The Morgan fingerprint density at radius 1 is 1.24 bits per heavy atom. The Bertz CT molecular complexity index is 1000. The van der Waals surface area contributed by atoms with E-state index >= 15 is 0 Å². The lowest BCUT2D eigenvalue weighted by atomic mass is 10.1. The largest absolute Gasteiger partial charge is 0.462 e. The Morgan fingerprint density at radius 3 is 2.48 bits per heavy atom. The van der Waals surface area contributed by atoms with Crippen molar-refractivity contribution in [1.29, 1.82) is 5.26 Å². The second-order valence-electron chi connectivity index (χ2n) is 6.10. The highest BCUT2D eigenvalue weighted by molar-refractivity contribution is 9.10. The molecule has 1 heterocycles. The molecule has 1 amide bonds. The van der Waals surface area contributed by atoms with Crippen molar-refractivity contribution in [3.05, 3.63) is 74.2 Å². The van der Waals surface area contributed by atoms with Crippen LogP contribution in [0.15, 0.2) is 63.6 Å². The minimum atomic E-state index is -0.737.